The van der Waals surface area contributed by atoms with E-state index in [4.69, 9.17) is 0 Å². The first-order valence-corrected chi connectivity index (χ1v) is 4.86. The molecular weight excluding hydrogens is 162 g/mol. The molecule has 1 aliphatic rings. The number of nitrogens with zero attached hydrogens (tertiary/aromatic N) is 2. The third-order valence-corrected chi connectivity index (χ3v) is 2.58. The van der Waals surface area contributed by atoms with Crippen molar-refractivity contribution in [2.24, 2.45) is 0 Å². The summed E-state index contributed by atoms with van der Waals surface area (Å²) in [5.41, 5.74) is 2.21. The second-order valence-electron chi connectivity index (χ2n) is 3.59. The number of rotatable bonds is 2. The van der Waals surface area contributed by atoms with Gasteiger partial charge in [0.25, 0.3) is 0 Å². The van der Waals surface area contributed by atoms with E-state index in [1.165, 1.54) is 12.8 Å². The van der Waals surface area contributed by atoms with Crippen molar-refractivity contribution in [3.8, 4) is 0 Å². The first-order valence-electron chi connectivity index (χ1n) is 4.86. The number of hydrogen-bond donors (Lipinski definition) is 1. The summed E-state index contributed by atoms with van der Waals surface area (Å²) >= 11 is 0. The molecule has 1 saturated heterocycles. The molecule has 2 rings (SSSR count). The highest BCUT2D eigenvalue weighted by Crippen LogP contribution is 2.11. The maximum Gasteiger partial charge on any atom is 0.0631 e. The van der Waals surface area contributed by atoms with Crippen LogP contribution in [0, 0.1) is 6.92 Å². The zero-order valence-corrected chi connectivity index (χ0v) is 7.95. The summed E-state index contributed by atoms with van der Waals surface area (Å²) in [5.74, 6) is 0. The SMILES string of the molecule is Cc1nccnc1CC1CCCN1. The van der Waals surface area contributed by atoms with Crippen LogP contribution in [-0.2, 0) is 6.42 Å². The molecule has 1 aliphatic heterocycles. The van der Waals surface area contributed by atoms with Crippen LogP contribution in [-0.4, -0.2) is 22.6 Å². The van der Waals surface area contributed by atoms with Crippen molar-refractivity contribution in [3.05, 3.63) is 23.8 Å². The van der Waals surface area contributed by atoms with Crippen molar-refractivity contribution in [1.29, 1.82) is 0 Å². The van der Waals surface area contributed by atoms with E-state index in [1.807, 2.05) is 6.92 Å². The van der Waals surface area contributed by atoms with E-state index < -0.39 is 0 Å². The molecule has 0 aromatic carbocycles. The van der Waals surface area contributed by atoms with E-state index in [0.29, 0.717) is 6.04 Å². The number of nitrogens with one attached hydrogen (secondary N) is 1. The standard InChI is InChI=1S/C10H15N3/c1-8-10(13-6-5-11-8)7-9-3-2-4-12-9/h5-6,9,12H,2-4,7H2,1H3. The molecule has 0 radical (unpaired) electrons. The Labute approximate surface area is 78.6 Å². The molecule has 13 heavy (non-hydrogen) atoms. The summed E-state index contributed by atoms with van der Waals surface area (Å²) in [4.78, 5) is 8.57. The Morgan fingerprint density at radius 3 is 3.00 bits per heavy atom. The molecule has 3 heteroatoms. The fourth-order valence-electron chi connectivity index (χ4n) is 1.80. The van der Waals surface area contributed by atoms with Gasteiger partial charge >= 0.3 is 0 Å². The summed E-state index contributed by atoms with van der Waals surface area (Å²) < 4.78 is 0. The van der Waals surface area contributed by atoms with Crippen molar-refractivity contribution >= 4 is 0 Å². The third kappa shape index (κ3) is 2.04. The van der Waals surface area contributed by atoms with E-state index in [1.54, 1.807) is 12.4 Å². The Morgan fingerprint density at radius 1 is 1.46 bits per heavy atom. The van der Waals surface area contributed by atoms with E-state index in [9.17, 15) is 0 Å². The van der Waals surface area contributed by atoms with Gasteiger partial charge in [0.05, 0.1) is 11.4 Å². The van der Waals surface area contributed by atoms with Gasteiger partial charge in [0, 0.05) is 24.9 Å². The average molecular weight is 177 g/mol. The van der Waals surface area contributed by atoms with Crippen LogP contribution in [0.15, 0.2) is 12.4 Å². The summed E-state index contributed by atoms with van der Waals surface area (Å²) in [6, 6.07) is 0.621. The highest BCUT2D eigenvalue weighted by molar-refractivity contribution is 5.10. The van der Waals surface area contributed by atoms with E-state index in [0.717, 1.165) is 24.4 Å². The lowest BCUT2D eigenvalue weighted by atomic mass is 10.1. The quantitative estimate of drug-likeness (QED) is 0.734. The Bertz CT molecular complexity index is 279. The first-order chi connectivity index (χ1) is 6.36. The minimum atomic E-state index is 0.621. The van der Waals surface area contributed by atoms with E-state index in [2.05, 4.69) is 15.3 Å². The highest BCUT2D eigenvalue weighted by atomic mass is 14.9. The summed E-state index contributed by atoms with van der Waals surface area (Å²) in [5, 5.41) is 3.46. The molecule has 3 nitrogen and oxygen atoms in total. The number of aromatic nitrogens is 2. The lowest BCUT2D eigenvalue weighted by Crippen LogP contribution is -2.24. The van der Waals surface area contributed by atoms with Crippen molar-refractivity contribution in [1.82, 2.24) is 15.3 Å². The van der Waals surface area contributed by atoms with Crippen LogP contribution in [0.4, 0.5) is 0 Å². The Kier molecular flexibility index (Phi) is 2.54. The molecule has 70 valence electrons. The van der Waals surface area contributed by atoms with Crippen molar-refractivity contribution in [3.63, 3.8) is 0 Å². The molecular formula is C10H15N3. The smallest absolute Gasteiger partial charge is 0.0631 e. The van der Waals surface area contributed by atoms with Crippen LogP contribution in [0.1, 0.15) is 24.2 Å². The normalized spacial score (nSPS) is 22.1. The minimum absolute atomic E-state index is 0.621. The van der Waals surface area contributed by atoms with Crippen LogP contribution >= 0.6 is 0 Å². The molecule has 0 bridgehead atoms. The Balaban J connectivity index is 2.04. The van der Waals surface area contributed by atoms with Gasteiger partial charge in [-0.15, -0.1) is 0 Å². The van der Waals surface area contributed by atoms with Crippen molar-refractivity contribution < 1.29 is 0 Å². The third-order valence-electron chi connectivity index (χ3n) is 2.58. The van der Waals surface area contributed by atoms with Gasteiger partial charge in [-0.1, -0.05) is 0 Å². The minimum Gasteiger partial charge on any atom is -0.314 e. The molecule has 1 aromatic rings. The predicted molar refractivity (Wildman–Crippen MR) is 51.5 cm³/mol. The number of hydrogen-bond acceptors (Lipinski definition) is 3. The molecule has 0 aliphatic carbocycles. The number of aryl methyl sites for hydroxylation is 1. The van der Waals surface area contributed by atoms with E-state index in [-0.39, 0.29) is 0 Å². The fraction of sp³-hybridized carbons (Fsp3) is 0.600. The zero-order chi connectivity index (χ0) is 9.10. The summed E-state index contributed by atoms with van der Waals surface area (Å²) in [6.45, 7) is 3.18. The molecule has 1 aromatic heterocycles. The van der Waals surface area contributed by atoms with Crippen LogP contribution in [0.25, 0.3) is 0 Å². The second-order valence-corrected chi connectivity index (χ2v) is 3.59. The molecule has 2 heterocycles. The van der Waals surface area contributed by atoms with Crippen molar-refractivity contribution in [2.75, 3.05) is 6.54 Å². The van der Waals surface area contributed by atoms with Crippen LogP contribution in [0.3, 0.4) is 0 Å². The largest absolute Gasteiger partial charge is 0.314 e. The van der Waals surface area contributed by atoms with Crippen LogP contribution in [0.5, 0.6) is 0 Å². The van der Waals surface area contributed by atoms with Crippen LogP contribution < -0.4 is 5.32 Å². The van der Waals surface area contributed by atoms with Crippen molar-refractivity contribution in [2.45, 2.75) is 32.2 Å². The van der Waals surface area contributed by atoms with Gasteiger partial charge in [-0.25, -0.2) is 0 Å². The zero-order valence-electron chi connectivity index (χ0n) is 7.95. The molecule has 0 saturated carbocycles. The summed E-state index contributed by atoms with van der Waals surface area (Å²) in [7, 11) is 0. The molecule has 0 spiro atoms. The molecule has 0 amide bonds. The molecule has 1 fully saturated rings. The van der Waals surface area contributed by atoms with Gasteiger partial charge in [0.15, 0.2) is 0 Å². The fourth-order valence-corrected chi connectivity index (χ4v) is 1.80. The molecule has 1 N–H and O–H groups in total. The molecule has 1 unspecified atom stereocenters. The lowest BCUT2D eigenvalue weighted by Gasteiger charge is -2.09. The average Bonchev–Trinajstić information content (AvgIpc) is 2.61. The monoisotopic (exact) mass is 177 g/mol. The Hall–Kier alpha value is -0.960. The van der Waals surface area contributed by atoms with E-state index >= 15 is 0 Å². The van der Waals surface area contributed by atoms with Gasteiger partial charge in [0.2, 0.25) is 0 Å². The maximum atomic E-state index is 4.34. The second kappa shape index (κ2) is 3.83. The molecule has 1 atom stereocenters. The highest BCUT2D eigenvalue weighted by Gasteiger charge is 2.15. The van der Waals surface area contributed by atoms with Crippen LogP contribution in [0.2, 0.25) is 0 Å². The predicted octanol–water partition coefficient (Wildman–Crippen LogP) is 1.08. The maximum absolute atomic E-state index is 4.34. The van der Waals surface area contributed by atoms with Gasteiger partial charge in [-0.3, -0.25) is 9.97 Å². The van der Waals surface area contributed by atoms with Gasteiger partial charge in [-0.05, 0) is 26.3 Å². The van der Waals surface area contributed by atoms with Gasteiger partial charge in [-0.2, -0.15) is 0 Å². The Morgan fingerprint density at radius 2 is 2.31 bits per heavy atom. The topological polar surface area (TPSA) is 37.8 Å². The van der Waals surface area contributed by atoms with Gasteiger partial charge < -0.3 is 5.32 Å². The van der Waals surface area contributed by atoms with Gasteiger partial charge in [0.1, 0.15) is 0 Å². The first kappa shape index (κ1) is 8.63. The lowest BCUT2D eigenvalue weighted by molar-refractivity contribution is 0.591. The summed E-state index contributed by atoms with van der Waals surface area (Å²) in [6.07, 6.45) is 7.12.